The van der Waals surface area contributed by atoms with Crippen molar-refractivity contribution in [2.24, 2.45) is 17.8 Å². The van der Waals surface area contributed by atoms with Crippen LogP contribution >= 0.6 is 11.8 Å². The Balaban J connectivity index is 1.88. The average Bonchev–Trinajstić information content (AvgIpc) is 2.86. The third kappa shape index (κ3) is 4.62. The molecule has 0 N–H and O–H groups in total. The summed E-state index contributed by atoms with van der Waals surface area (Å²) in [6, 6.07) is 0. The molecule has 1 heterocycles. The standard InChI is InChI=1S/C16H26O5S/c1-9(2)12-6-5-10(3)7-13(12)20-15(18)16-21-14(8-22-16)19-11(4)17/h9-10,12-14,16H,5-8H2,1-4H3/t10?,12?,13-,14-,16+/m1/s1. The molecule has 1 aliphatic heterocycles. The fourth-order valence-electron chi connectivity index (χ4n) is 3.21. The quantitative estimate of drug-likeness (QED) is 0.739. The highest BCUT2D eigenvalue weighted by molar-refractivity contribution is 8.00. The van der Waals surface area contributed by atoms with E-state index in [9.17, 15) is 9.59 Å². The average molecular weight is 330 g/mol. The third-order valence-corrected chi connectivity index (χ3v) is 5.45. The summed E-state index contributed by atoms with van der Waals surface area (Å²) in [5.41, 5.74) is -0.686. The molecule has 5 atom stereocenters. The molecule has 1 aliphatic carbocycles. The van der Waals surface area contributed by atoms with Crippen LogP contribution in [0.15, 0.2) is 0 Å². The lowest BCUT2D eigenvalue weighted by Crippen LogP contribution is -2.38. The molecule has 1 saturated heterocycles. The van der Waals surface area contributed by atoms with Crippen LogP contribution in [0.25, 0.3) is 0 Å². The molecule has 22 heavy (non-hydrogen) atoms. The highest BCUT2D eigenvalue weighted by Crippen LogP contribution is 2.36. The zero-order valence-corrected chi connectivity index (χ0v) is 14.6. The van der Waals surface area contributed by atoms with Gasteiger partial charge < -0.3 is 14.2 Å². The van der Waals surface area contributed by atoms with E-state index in [1.807, 2.05) is 0 Å². The van der Waals surface area contributed by atoms with Crippen molar-refractivity contribution in [3.05, 3.63) is 0 Å². The SMILES string of the molecule is CC(=O)O[C@H]1CS[C@@H](C(=O)O[C@@H]2CC(C)CCC2C(C)C)O1. The van der Waals surface area contributed by atoms with E-state index < -0.39 is 17.7 Å². The number of carbonyl (C=O) groups excluding carboxylic acids is 2. The molecule has 2 fully saturated rings. The molecule has 6 heteroatoms. The Labute approximate surface area is 136 Å². The third-order valence-electron chi connectivity index (χ3n) is 4.38. The normalized spacial score (nSPS) is 35.4. The maximum atomic E-state index is 12.3. The van der Waals surface area contributed by atoms with Crippen LogP contribution < -0.4 is 0 Å². The summed E-state index contributed by atoms with van der Waals surface area (Å²) in [7, 11) is 0. The molecule has 0 bridgehead atoms. The van der Waals surface area contributed by atoms with Gasteiger partial charge in [0.2, 0.25) is 11.7 Å². The van der Waals surface area contributed by atoms with E-state index in [1.54, 1.807) is 0 Å². The molecule has 126 valence electrons. The van der Waals surface area contributed by atoms with Crippen LogP contribution in [0.4, 0.5) is 0 Å². The first-order chi connectivity index (χ1) is 10.4. The van der Waals surface area contributed by atoms with Crippen LogP contribution in [-0.4, -0.2) is 35.5 Å². The molecule has 0 aromatic heterocycles. The molecule has 1 saturated carbocycles. The first-order valence-electron chi connectivity index (χ1n) is 8.01. The van der Waals surface area contributed by atoms with Gasteiger partial charge >= 0.3 is 11.9 Å². The van der Waals surface area contributed by atoms with Crippen molar-refractivity contribution in [2.75, 3.05) is 5.75 Å². The summed E-state index contributed by atoms with van der Waals surface area (Å²) in [6.45, 7) is 7.89. The molecule has 5 nitrogen and oxygen atoms in total. The van der Waals surface area contributed by atoms with Crippen molar-refractivity contribution < 1.29 is 23.8 Å². The van der Waals surface area contributed by atoms with E-state index in [1.165, 1.54) is 25.1 Å². The van der Waals surface area contributed by atoms with Crippen LogP contribution in [0.2, 0.25) is 0 Å². The van der Waals surface area contributed by atoms with Crippen molar-refractivity contribution in [1.82, 2.24) is 0 Å². The Kier molecular flexibility index (Phi) is 6.15. The minimum atomic E-state index is -0.686. The van der Waals surface area contributed by atoms with Gasteiger partial charge in [-0.3, -0.25) is 4.79 Å². The van der Waals surface area contributed by atoms with E-state index in [0.29, 0.717) is 23.5 Å². The second kappa shape index (κ2) is 7.68. The predicted molar refractivity (Wildman–Crippen MR) is 84.1 cm³/mol. The molecular weight excluding hydrogens is 304 g/mol. The Hall–Kier alpha value is -0.750. The summed E-state index contributed by atoms with van der Waals surface area (Å²) in [5, 5.41) is 0. The molecule has 2 rings (SSSR count). The van der Waals surface area contributed by atoms with Crippen LogP contribution in [0.5, 0.6) is 0 Å². The largest absolute Gasteiger partial charge is 0.459 e. The lowest BCUT2D eigenvalue weighted by molar-refractivity contribution is -0.185. The maximum absolute atomic E-state index is 12.3. The molecule has 2 unspecified atom stereocenters. The van der Waals surface area contributed by atoms with Crippen molar-refractivity contribution in [3.8, 4) is 0 Å². The second-order valence-electron chi connectivity index (χ2n) is 6.64. The van der Waals surface area contributed by atoms with Gasteiger partial charge in [0, 0.05) is 6.92 Å². The Morgan fingerprint density at radius 3 is 2.59 bits per heavy atom. The number of carbonyl (C=O) groups is 2. The Bertz CT molecular complexity index is 411. The molecule has 0 amide bonds. The van der Waals surface area contributed by atoms with E-state index in [2.05, 4.69) is 20.8 Å². The van der Waals surface area contributed by atoms with Gasteiger partial charge in [0.25, 0.3) is 0 Å². The molecular formula is C16H26O5S. The summed E-state index contributed by atoms with van der Waals surface area (Å²) in [4.78, 5) is 23.2. The van der Waals surface area contributed by atoms with E-state index in [4.69, 9.17) is 14.2 Å². The molecule has 0 radical (unpaired) electrons. The van der Waals surface area contributed by atoms with Gasteiger partial charge in [-0.15, -0.1) is 11.8 Å². The van der Waals surface area contributed by atoms with E-state index in [0.717, 1.165) is 12.8 Å². The topological polar surface area (TPSA) is 61.8 Å². The van der Waals surface area contributed by atoms with E-state index in [-0.39, 0.29) is 12.1 Å². The minimum Gasteiger partial charge on any atom is -0.459 e. The number of hydrogen-bond acceptors (Lipinski definition) is 6. The number of rotatable bonds is 4. The summed E-state index contributed by atoms with van der Waals surface area (Å²) >= 11 is 1.33. The number of thioether (sulfide) groups is 1. The van der Waals surface area contributed by atoms with Gasteiger partial charge in [0.05, 0.1) is 5.75 Å². The fraction of sp³-hybridized carbons (Fsp3) is 0.875. The van der Waals surface area contributed by atoms with Gasteiger partial charge in [0.15, 0.2) is 0 Å². The number of hydrogen-bond donors (Lipinski definition) is 0. The van der Waals surface area contributed by atoms with Crippen molar-refractivity contribution in [2.45, 2.75) is 64.8 Å². The smallest absolute Gasteiger partial charge is 0.346 e. The van der Waals surface area contributed by atoms with Crippen LogP contribution in [0.3, 0.4) is 0 Å². The maximum Gasteiger partial charge on any atom is 0.346 e. The first kappa shape index (κ1) is 17.6. The lowest BCUT2D eigenvalue weighted by atomic mass is 9.75. The molecule has 0 aromatic carbocycles. The van der Waals surface area contributed by atoms with Crippen LogP contribution in [-0.2, 0) is 23.8 Å². The molecule has 0 aromatic rings. The Morgan fingerprint density at radius 2 is 1.95 bits per heavy atom. The first-order valence-corrected chi connectivity index (χ1v) is 9.06. The van der Waals surface area contributed by atoms with Crippen molar-refractivity contribution in [3.63, 3.8) is 0 Å². The monoisotopic (exact) mass is 330 g/mol. The van der Waals surface area contributed by atoms with E-state index >= 15 is 0 Å². The van der Waals surface area contributed by atoms with Crippen LogP contribution in [0, 0.1) is 17.8 Å². The zero-order valence-electron chi connectivity index (χ0n) is 13.7. The fourth-order valence-corrected chi connectivity index (χ4v) is 4.08. The van der Waals surface area contributed by atoms with Gasteiger partial charge in [-0.05, 0) is 30.6 Å². The summed E-state index contributed by atoms with van der Waals surface area (Å²) in [5.74, 6) is 1.21. The van der Waals surface area contributed by atoms with Gasteiger partial charge in [-0.25, -0.2) is 4.79 Å². The minimum absolute atomic E-state index is 0.0341. The second-order valence-corrected chi connectivity index (χ2v) is 7.74. The van der Waals surface area contributed by atoms with Gasteiger partial charge in [0.1, 0.15) is 6.10 Å². The number of ether oxygens (including phenoxy) is 3. The molecule has 2 aliphatic rings. The molecule has 0 spiro atoms. The zero-order chi connectivity index (χ0) is 16.3. The summed E-state index contributed by atoms with van der Waals surface area (Å²) in [6.07, 6.45) is 2.53. The lowest BCUT2D eigenvalue weighted by Gasteiger charge is -2.37. The summed E-state index contributed by atoms with van der Waals surface area (Å²) < 4.78 is 16.2. The van der Waals surface area contributed by atoms with Crippen LogP contribution in [0.1, 0.15) is 47.0 Å². The van der Waals surface area contributed by atoms with Gasteiger partial charge in [-0.1, -0.05) is 27.2 Å². The van der Waals surface area contributed by atoms with Crippen molar-refractivity contribution in [1.29, 1.82) is 0 Å². The highest BCUT2D eigenvalue weighted by atomic mass is 32.2. The van der Waals surface area contributed by atoms with Gasteiger partial charge in [-0.2, -0.15) is 0 Å². The Morgan fingerprint density at radius 1 is 1.23 bits per heavy atom. The highest BCUT2D eigenvalue weighted by Gasteiger charge is 2.39. The number of esters is 2. The predicted octanol–water partition coefficient (Wildman–Crippen LogP) is 2.97. The van der Waals surface area contributed by atoms with Crippen molar-refractivity contribution >= 4 is 23.7 Å².